The van der Waals surface area contributed by atoms with Crippen LogP contribution < -0.4 is 14.8 Å². The summed E-state index contributed by atoms with van der Waals surface area (Å²) in [7, 11) is 3.19. The van der Waals surface area contributed by atoms with Crippen molar-refractivity contribution in [1.82, 2.24) is 4.98 Å². The number of hydrogen-bond acceptors (Lipinski definition) is 5. The lowest BCUT2D eigenvalue weighted by atomic mass is 9.92. The van der Waals surface area contributed by atoms with Gasteiger partial charge in [0, 0.05) is 11.1 Å². The van der Waals surface area contributed by atoms with Gasteiger partial charge in [-0.3, -0.25) is 4.79 Å². The maximum absolute atomic E-state index is 12.8. The summed E-state index contributed by atoms with van der Waals surface area (Å²) in [4.78, 5) is 17.8. The van der Waals surface area contributed by atoms with Crippen molar-refractivity contribution in [3.8, 4) is 50.9 Å². The number of fused-ring (bicyclic) bond motifs is 3. The minimum absolute atomic E-state index is 0.0953. The molecular weight excluding hydrogens is 416 g/mol. The number of nitrogens with one attached hydrogen (secondary N) is 1. The first-order chi connectivity index (χ1) is 16.1. The number of pyridine rings is 1. The van der Waals surface area contributed by atoms with E-state index in [1.54, 1.807) is 26.4 Å². The molecule has 1 aliphatic rings. The standard InChI is InChI=1S/C27H22N2O4/c1-32-24-12-9-17(13-25(24)33-2)20-14-23(16-7-10-18(30)11-8-16)29-27-19-5-3-4-6-22(19)28-26(31)15-21(20)27/h3-14,30H,15H2,1-2H3,(H,28,31). The summed E-state index contributed by atoms with van der Waals surface area (Å²) >= 11 is 0. The summed E-state index contributed by atoms with van der Waals surface area (Å²) in [6, 6.07) is 22.3. The summed E-state index contributed by atoms with van der Waals surface area (Å²) in [6.45, 7) is 0. The largest absolute Gasteiger partial charge is 0.508 e. The van der Waals surface area contributed by atoms with Gasteiger partial charge in [-0.2, -0.15) is 0 Å². The molecule has 6 nitrogen and oxygen atoms in total. The number of rotatable bonds is 4. The van der Waals surface area contributed by atoms with Crippen molar-refractivity contribution in [2.75, 3.05) is 19.5 Å². The van der Waals surface area contributed by atoms with Crippen LogP contribution in [0, 0.1) is 0 Å². The highest BCUT2D eigenvalue weighted by molar-refractivity contribution is 6.02. The molecule has 4 aromatic rings. The van der Waals surface area contributed by atoms with Gasteiger partial charge in [0.1, 0.15) is 5.75 Å². The average molecular weight is 438 g/mol. The van der Waals surface area contributed by atoms with Crippen LogP contribution in [0.1, 0.15) is 5.56 Å². The highest BCUT2D eigenvalue weighted by Gasteiger charge is 2.24. The molecule has 0 bridgehead atoms. The maximum Gasteiger partial charge on any atom is 0.228 e. The van der Waals surface area contributed by atoms with Gasteiger partial charge >= 0.3 is 0 Å². The number of benzene rings is 3. The van der Waals surface area contributed by atoms with Crippen LogP contribution in [0.2, 0.25) is 0 Å². The highest BCUT2D eigenvalue weighted by Crippen LogP contribution is 2.41. The molecule has 1 aromatic heterocycles. The smallest absolute Gasteiger partial charge is 0.228 e. The molecule has 33 heavy (non-hydrogen) atoms. The molecule has 1 aliphatic heterocycles. The fourth-order valence-corrected chi connectivity index (χ4v) is 4.17. The van der Waals surface area contributed by atoms with Crippen LogP contribution in [0.25, 0.3) is 33.6 Å². The summed E-state index contributed by atoms with van der Waals surface area (Å²) in [6.07, 6.45) is 0.191. The van der Waals surface area contributed by atoms with Gasteiger partial charge in [-0.15, -0.1) is 0 Å². The van der Waals surface area contributed by atoms with Gasteiger partial charge in [-0.1, -0.05) is 24.3 Å². The van der Waals surface area contributed by atoms with Crippen molar-refractivity contribution < 1.29 is 19.4 Å². The number of methoxy groups -OCH3 is 2. The number of anilines is 1. The quantitative estimate of drug-likeness (QED) is 0.452. The van der Waals surface area contributed by atoms with Gasteiger partial charge in [0.25, 0.3) is 0 Å². The maximum atomic E-state index is 12.8. The number of ether oxygens (including phenoxy) is 2. The first-order valence-corrected chi connectivity index (χ1v) is 10.5. The fourth-order valence-electron chi connectivity index (χ4n) is 4.17. The zero-order valence-corrected chi connectivity index (χ0v) is 18.3. The normalized spacial score (nSPS) is 12.2. The molecular formula is C27H22N2O4. The van der Waals surface area contributed by atoms with E-state index in [0.717, 1.165) is 44.9 Å². The van der Waals surface area contributed by atoms with E-state index >= 15 is 0 Å². The lowest BCUT2D eigenvalue weighted by Gasteiger charge is -2.17. The predicted octanol–water partition coefficient (Wildman–Crippen LogP) is 5.30. The van der Waals surface area contributed by atoms with Crippen LogP contribution in [-0.2, 0) is 11.2 Å². The Morgan fingerprint density at radius 1 is 0.848 bits per heavy atom. The van der Waals surface area contributed by atoms with Crippen molar-refractivity contribution in [2.24, 2.45) is 0 Å². The number of carbonyl (C=O) groups excluding carboxylic acids is 1. The van der Waals surface area contributed by atoms with Crippen molar-refractivity contribution in [2.45, 2.75) is 6.42 Å². The van der Waals surface area contributed by atoms with Gasteiger partial charge in [0.05, 0.1) is 37.7 Å². The summed E-state index contributed by atoms with van der Waals surface area (Å²) in [5.41, 5.74) is 6.55. The number of phenols is 1. The number of carbonyl (C=O) groups is 1. The Morgan fingerprint density at radius 2 is 1.58 bits per heavy atom. The summed E-state index contributed by atoms with van der Waals surface area (Å²) < 4.78 is 10.9. The molecule has 164 valence electrons. The van der Waals surface area contributed by atoms with Crippen LogP contribution in [0.5, 0.6) is 17.2 Å². The number of aromatic nitrogens is 1. The van der Waals surface area contributed by atoms with E-state index in [1.807, 2.05) is 60.7 Å². The Morgan fingerprint density at radius 3 is 2.33 bits per heavy atom. The molecule has 3 aromatic carbocycles. The number of para-hydroxylation sites is 1. The van der Waals surface area contributed by atoms with Gasteiger partial charge in [-0.05, 0) is 65.2 Å². The Kier molecular flexibility index (Phi) is 5.18. The third kappa shape index (κ3) is 3.76. The van der Waals surface area contributed by atoms with E-state index < -0.39 is 0 Å². The molecule has 0 atom stereocenters. The minimum Gasteiger partial charge on any atom is -0.508 e. The van der Waals surface area contributed by atoms with Gasteiger partial charge in [0.2, 0.25) is 5.91 Å². The molecule has 0 radical (unpaired) electrons. The fraction of sp³-hybridized carbons (Fsp3) is 0.111. The molecule has 2 N–H and O–H groups in total. The van der Waals surface area contributed by atoms with E-state index in [1.165, 1.54) is 0 Å². The van der Waals surface area contributed by atoms with Crippen LogP contribution >= 0.6 is 0 Å². The molecule has 0 fully saturated rings. The third-order valence-electron chi connectivity index (χ3n) is 5.78. The number of aromatic hydroxyl groups is 1. The van der Waals surface area contributed by atoms with Crippen molar-refractivity contribution in [3.63, 3.8) is 0 Å². The summed E-state index contributed by atoms with van der Waals surface area (Å²) in [5, 5.41) is 12.7. The van der Waals surface area contributed by atoms with Crippen molar-refractivity contribution in [1.29, 1.82) is 0 Å². The zero-order valence-electron chi connectivity index (χ0n) is 18.3. The molecule has 1 amide bonds. The first-order valence-electron chi connectivity index (χ1n) is 10.5. The van der Waals surface area contributed by atoms with Gasteiger partial charge < -0.3 is 19.9 Å². The first kappa shape index (κ1) is 20.6. The van der Waals surface area contributed by atoms with E-state index in [9.17, 15) is 9.90 Å². The summed E-state index contributed by atoms with van der Waals surface area (Å²) in [5.74, 6) is 1.32. The highest BCUT2D eigenvalue weighted by atomic mass is 16.5. The van der Waals surface area contributed by atoms with Crippen molar-refractivity contribution >= 4 is 11.6 Å². The van der Waals surface area contributed by atoms with E-state index in [-0.39, 0.29) is 18.1 Å². The Bertz CT molecular complexity index is 1360. The lowest BCUT2D eigenvalue weighted by Crippen LogP contribution is -2.13. The number of nitrogens with zero attached hydrogens (tertiary/aromatic N) is 1. The second kappa shape index (κ2) is 8.31. The number of phenolic OH excluding ortho intramolecular Hbond substituents is 1. The number of hydrogen-bond donors (Lipinski definition) is 2. The molecule has 0 saturated heterocycles. The molecule has 5 rings (SSSR count). The van der Waals surface area contributed by atoms with Crippen LogP contribution in [0.15, 0.2) is 72.8 Å². The second-order valence-corrected chi connectivity index (χ2v) is 7.77. The average Bonchev–Trinajstić information content (AvgIpc) is 2.98. The third-order valence-corrected chi connectivity index (χ3v) is 5.78. The van der Waals surface area contributed by atoms with E-state index in [2.05, 4.69) is 5.32 Å². The van der Waals surface area contributed by atoms with E-state index in [4.69, 9.17) is 14.5 Å². The Hall–Kier alpha value is -4.32. The van der Waals surface area contributed by atoms with Crippen LogP contribution in [0.3, 0.4) is 0 Å². The topological polar surface area (TPSA) is 80.7 Å². The molecule has 0 unspecified atom stereocenters. The van der Waals surface area contributed by atoms with Crippen molar-refractivity contribution in [3.05, 3.63) is 78.4 Å². The molecule has 6 heteroatoms. The Balaban J connectivity index is 1.81. The molecule has 2 heterocycles. The van der Waals surface area contributed by atoms with Gasteiger partial charge in [-0.25, -0.2) is 4.98 Å². The number of amides is 1. The lowest BCUT2D eigenvalue weighted by molar-refractivity contribution is -0.115. The molecule has 0 saturated carbocycles. The Labute approximate surface area is 191 Å². The van der Waals surface area contributed by atoms with Gasteiger partial charge in [0.15, 0.2) is 11.5 Å². The van der Waals surface area contributed by atoms with E-state index in [0.29, 0.717) is 11.5 Å². The monoisotopic (exact) mass is 438 g/mol. The zero-order chi connectivity index (χ0) is 22.9. The predicted molar refractivity (Wildman–Crippen MR) is 128 cm³/mol. The van der Waals surface area contributed by atoms with Crippen LogP contribution in [-0.4, -0.2) is 30.2 Å². The molecule has 0 spiro atoms. The van der Waals surface area contributed by atoms with Crippen LogP contribution in [0.4, 0.5) is 5.69 Å². The molecule has 0 aliphatic carbocycles. The second-order valence-electron chi connectivity index (χ2n) is 7.77. The SMILES string of the molecule is COc1ccc(-c2cc(-c3ccc(O)cc3)nc3c2CC(=O)Nc2ccccc2-3)cc1OC. The minimum atomic E-state index is -0.0953.